The first-order valence-corrected chi connectivity index (χ1v) is 4.79. The first-order chi connectivity index (χ1) is 7.11. The van der Waals surface area contributed by atoms with Crippen LogP contribution in [0.15, 0.2) is 24.5 Å². The van der Waals surface area contributed by atoms with Crippen molar-refractivity contribution in [3.8, 4) is 0 Å². The smallest absolute Gasteiger partial charge is 0.235 e. The van der Waals surface area contributed by atoms with Crippen LogP contribution in [0.1, 0.15) is 18.5 Å². The zero-order chi connectivity index (χ0) is 11.3. The number of primary amides is 1. The van der Waals surface area contributed by atoms with E-state index < -0.39 is 11.9 Å². The van der Waals surface area contributed by atoms with E-state index in [0.717, 1.165) is 5.56 Å². The molecule has 5 nitrogen and oxygen atoms in total. The van der Waals surface area contributed by atoms with Crippen molar-refractivity contribution in [2.75, 3.05) is 6.54 Å². The molecule has 1 aromatic heterocycles. The summed E-state index contributed by atoms with van der Waals surface area (Å²) in [6.07, 6.45) is 3.45. The van der Waals surface area contributed by atoms with E-state index >= 15 is 0 Å². The number of carbonyl (C=O) groups is 1. The second-order valence-corrected chi connectivity index (χ2v) is 3.42. The van der Waals surface area contributed by atoms with Crippen LogP contribution in [0.5, 0.6) is 0 Å². The Bertz CT molecular complexity index is 314. The molecule has 0 saturated carbocycles. The minimum atomic E-state index is -0.644. The Balaban J connectivity index is 2.43. The molecule has 5 heteroatoms. The SMILES string of the molecule is CC(NCC(N)C(N)=O)c1ccncc1. The summed E-state index contributed by atoms with van der Waals surface area (Å²) in [5, 5.41) is 3.13. The number of nitrogens with zero attached hydrogens (tertiary/aromatic N) is 1. The van der Waals surface area contributed by atoms with E-state index in [0.29, 0.717) is 6.54 Å². The van der Waals surface area contributed by atoms with Crippen molar-refractivity contribution in [3.63, 3.8) is 0 Å². The molecule has 82 valence electrons. The molecule has 0 aliphatic rings. The number of rotatable bonds is 5. The molecule has 0 spiro atoms. The molecular weight excluding hydrogens is 192 g/mol. The Kier molecular flexibility index (Phi) is 4.20. The van der Waals surface area contributed by atoms with Gasteiger partial charge in [-0.05, 0) is 24.6 Å². The number of hydrogen-bond donors (Lipinski definition) is 3. The van der Waals surface area contributed by atoms with Gasteiger partial charge >= 0.3 is 0 Å². The highest BCUT2D eigenvalue weighted by Gasteiger charge is 2.11. The standard InChI is InChI=1S/C10H16N4O/c1-7(8-2-4-13-5-3-8)14-6-9(11)10(12)15/h2-5,7,9,14H,6,11H2,1H3,(H2,12,15). The molecule has 2 unspecified atom stereocenters. The van der Waals surface area contributed by atoms with Crippen molar-refractivity contribution in [2.24, 2.45) is 11.5 Å². The second-order valence-electron chi connectivity index (χ2n) is 3.42. The topological polar surface area (TPSA) is 94.0 Å². The van der Waals surface area contributed by atoms with Crippen molar-refractivity contribution < 1.29 is 4.79 Å². The minimum absolute atomic E-state index is 0.124. The van der Waals surface area contributed by atoms with Crippen LogP contribution in [0.2, 0.25) is 0 Å². The molecule has 1 aromatic rings. The van der Waals surface area contributed by atoms with Crippen LogP contribution in [0.4, 0.5) is 0 Å². The quantitative estimate of drug-likeness (QED) is 0.610. The van der Waals surface area contributed by atoms with Gasteiger partial charge in [0.1, 0.15) is 0 Å². The summed E-state index contributed by atoms with van der Waals surface area (Å²) in [4.78, 5) is 14.6. The van der Waals surface area contributed by atoms with Crippen molar-refractivity contribution in [2.45, 2.75) is 19.0 Å². The summed E-state index contributed by atoms with van der Waals surface area (Å²) < 4.78 is 0. The lowest BCUT2D eigenvalue weighted by molar-refractivity contribution is -0.119. The van der Waals surface area contributed by atoms with Crippen LogP contribution in [0.3, 0.4) is 0 Å². The molecule has 15 heavy (non-hydrogen) atoms. The third-order valence-electron chi connectivity index (χ3n) is 2.22. The highest BCUT2D eigenvalue weighted by atomic mass is 16.1. The van der Waals surface area contributed by atoms with E-state index in [4.69, 9.17) is 11.5 Å². The van der Waals surface area contributed by atoms with Gasteiger partial charge in [-0.25, -0.2) is 0 Å². The molecule has 0 aromatic carbocycles. The molecule has 5 N–H and O–H groups in total. The van der Waals surface area contributed by atoms with Gasteiger partial charge in [-0.3, -0.25) is 9.78 Å². The van der Waals surface area contributed by atoms with Crippen molar-refractivity contribution in [1.29, 1.82) is 0 Å². The largest absolute Gasteiger partial charge is 0.368 e. The summed E-state index contributed by atoms with van der Waals surface area (Å²) in [5.41, 5.74) is 11.6. The van der Waals surface area contributed by atoms with Gasteiger partial charge in [0.05, 0.1) is 6.04 Å². The van der Waals surface area contributed by atoms with Crippen LogP contribution in [-0.4, -0.2) is 23.5 Å². The molecule has 0 bridgehead atoms. The van der Waals surface area contributed by atoms with E-state index in [1.165, 1.54) is 0 Å². The van der Waals surface area contributed by atoms with E-state index in [9.17, 15) is 4.79 Å². The lowest BCUT2D eigenvalue weighted by Crippen LogP contribution is -2.44. The molecule has 0 fully saturated rings. The first-order valence-electron chi connectivity index (χ1n) is 4.79. The van der Waals surface area contributed by atoms with Gasteiger partial charge < -0.3 is 16.8 Å². The Morgan fingerprint density at radius 3 is 2.67 bits per heavy atom. The lowest BCUT2D eigenvalue weighted by atomic mass is 10.1. The number of carbonyl (C=O) groups excluding carboxylic acids is 1. The lowest BCUT2D eigenvalue weighted by Gasteiger charge is -2.16. The third-order valence-corrected chi connectivity index (χ3v) is 2.22. The van der Waals surface area contributed by atoms with Gasteiger partial charge in [-0.15, -0.1) is 0 Å². The van der Waals surface area contributed by atoms with Crippen molar-refractivity contribution in [3.05, 3.63) is 30.1 Å². The fraction of sp³-hybridized carbons (Fsp3) is 0.400. The zero-order valence-corrected chi connectivity index (χ0v) is 8.68. The minimum Gasteiger partial charge on any atom is -0.368 e. The summed E-state index contributed by atoms with van der Waals surface area (Å²) in [6, 6.07) is 3.30. The predicted octanol–water partition coefficient (Wildman–Crippen LogP) is -0.455. The predicted molar refractivity (Wildman–Crippen MR) is 57.8 cm³/mol. The summed E-state index contributed by atoms with van der Waals surface area (Å²) >= 11 is 0. The molecule has 0 aliphatic carbocycles. The molecule has 1 rings (SSSR count). The Labute approximate surface area is 88.9 Å². The summed E-state index contributed by atoms with van der Waals surface area (Å²) in [7, 11) is 0. The maximum absolute atomic E-state index is 10.7. The number of nitrogens with two attached hydrogens (primary N) is 2. The second kappa shape index (κ2) is 5.43. The average Bonchev–Trinajstić information content (AvgIpc) is 2.26. The van der Waals surface area contributed by atoms with Crippen LogP contribution in [-0.2, 0) is 4.79 Å². The van der Waals surface area contributed by atoms with Gasteiger partial charge in [0.2, 0.25) is 5.91 Å². The number of aromatic nitrogens is 1. The number of nitrogens with one attached hydrogen (secondary N) is 1. The van der Waals surface area contributed by atoms with E-state index in [2.05, 4.69) is 10.3 Å². The fourth-order valence-corrected chi connectivity index (χ4v) is 1.17. The Morgan fingerprint density at radius 1 is 1.53 bits per heavy atom. The summed E-state index contributed by atoms with van der Waals surface area (Å²) in [6.45, 7) is 2.36. The normalized spacial score (nSPS) is 14.5. The fourth-order valence-electron chi connectivity index (χ4n) is 1.17. The molecule has 0 radical (unpaired) electrons. The van der Waals surface area contributed by atoms with Crippen LogP contribution in [0.25, 0.3) is 0 Å². The molecular formula is C10H16N4O. The van der Waals surface area contributed by atoms with Crippen LogP contribution in [0, 0.1) is 0 Å². The molecule has 2 atom stereocenters. The van der Waals surface area contributed by atoms with Gasteiger partial charge in [-0.2, -0.15) is 0 Å². The highest BCUT2D eigenvalue weighted by molar-refractivity contribution is 5.79. The van der Waals surface area contributed by atoms with Gasteiger partial charge in [-0.1, -0.05) is 0 Å². The van der Waals surface area contributed by atoms with E-state index in [1.807, 2.05) is 19.1 Å². The Hall–Kier alpha value is -1.46. The molecule has 0 aliphatic heterocycles. The van der Waals surface area contributed by atoms with E-state index in [-0.39, 0.29) is 6.04 Å². The maximum Gasteiger partial charge on any atom is 0.235 e. The third kappa shape index (κ3) is 3.65. The highest BCUT2D eigenvalue weighted by Crippen LogP contribution is 2.09. The maximum atomic E-state index is 10.7. The van der Waals surface area contributed by atoms with Gasteiger partial charge in [0.25, 0.3) is 0 Å². The van der Waals surface area contributed by atoms with Gasteiger partial charge in [0, 0.05) is 25.0 Å². The molecule has 1 amide bonds. The first kappa shape index (κ1) is 11.6. The van der Waals surface area contributed by atoms with Crippen LogP contribution >= 0.6 is 0 Å². The monoisotopic (exact) mass is 208 g/mol. The van der Waals surface area contributed by atoms with Crippen molar-refractivity contribution >= 4 is 5.91 Å². The van der Waals surface area contributed by atoms with Crippen LogP contribution < -0.4 is 16.8 Å². The Morgan fingerprint density at radius 2 is 2.13 bits per heavy atom. The number of pyridine rings is 1. The number of hydrogen-bond acceptors (Lipinski definition) is 4. The number of amides is 1. The molecule has 0 saturated heterocycles. The molecule has 1 heterocycles. The van der Waals surface area contributed by atoms with E-state index in [1.54, 1.807) is 12.4 Å². The zero-order valence-electron chi connectivity index (χ0n) is 8.68. The average molecular weight is 208 g/mol. The van der Waals surface area contributed by atoms with Gasteiger partial charge in [0.15, 0.2) is 0 Å². The van der Waals surface area contributed by atoms with Crippen molar-refractivity contribution in [1.82, 2.24) is 10.3 Å². The summed E-state index contributed by atoms with van der Waals surface area (Å²) in [5.74, 6) is -0.496.